The van der Waals surface area contributed by atoms with Crippen molar-refractivity contribution in [1.29, 1.82) is 15.8 Å². The lowest BCUT2D eigenvalue weighted by Gasteiger charge is -2.19. The molecule has 65 heavy (non-hydrogen) atoms. The first kappa shape index (κ1) is 39.7. The molecule has 0 saturated heterocycles. The van der Waals surface area contributed by atoms with Crippen LogP contribution in [0, 0.1) is 54.1 Å². The molecule has 0 aliphatic carbocycles. The van der Waals surface area contributed by atoms with E-state index in [1.807, 2.05) is 106 Å². The zero-order valence-corrected chi connectivity index (χ0v) is 34.2. The van der Waals surface area contributed by atoms with Crippen LogP contribution < -0.4 is 0 Å². The summed E-state index contributed by atoms with van der Waals surface area (Å²) in [7, 11) is 0. The van der Waals surface area contributed by atoms with E-state index < -0.39 is 11.7 Å². The summed E-state index contributed by atoms with van der Waals surface area (Å²) in [6, 6.07) is 51.6. The average molecular weight is 844 g/mol. The SMILES string of the molecule is [C-]#[N+]c1cc(C#N)cc(-c2ccc3c(c2)c2ccccc2n3-c2cc(-c3ccc(C(F)(F)F)cc3C)cc(-n3c4ccccc4c4cc(-c5cc(C#N)cc([N+]#[C-])c5)ccc43)c2C#N)c1. The second-order valence-electron chi connectivity index (χ2n) is 15.7. The first-order valence-corrected chi connectivity index (χ1v) is 20.2. The summed E-state index contributed by atoms with van der Waals surface area (Å²) >= 11 is 0. The lowest BCUT2D eigenvalue weighted by molar-refractivity contribution is -0.137. The van der Waals surface area contributed by atoms with Gasteiger partial charge in [0.05, 0.1) is 64.3 Å². The zero-order chi connectivity index (χ0) is 45.1. The summed E-state index contributed by atoms with van der Waals surface area (Å²) in [6.07, 6.45) is -4.55. The molecule has 0 amide bonds. The minimum Gasteiger partial charge on any atom is -0.308 e. The topological polar surface area (TPSA) is 89.9 Å². The third kappa shape index (κ3) is 6.57. The number of nitrogens with zero attached hydrogens (tertiary/aromatic N) is 7. The third-order valence-corrected chi connectivity index (χ3v) is 11.9. The van der Waals surface area contributed by atoms with Gasteiger partial charge in [0.15, 0.2) is 11.4 Å². The van der Waals surface area contributed by atoms with Gasteiger partial charge in [-0.15, -0.1) is 0 Å². The van der Waals surface area contributed by atoms with Crippen LogP contribution >= 0.6 is 0 Å². The Hall–Kier alpha value is -9.40. The summed E-state index contributed by atoms with van der Waals surface area (Å²) in [5.41, 5.74) is 9.53. The van der Waals surface area contributed by atoms with Crippen LogP contribution in [0.1, 0.15) is 27.8 Å². The number of fused-ring (bicyclic) bond motifs is 6. The molecule has 7 nitrogen and oxygen atoms in total. The van der Waals surface area contributed by atoms with Crippen molar-refractivity contribution >= 4 is 55.0 Å². The number of rotatable bonds is 5. The van der Waals surface area contributed by atoms with Gasteiger partial charge in [-0.3, -0.25) is 0 Å². The van der Waals surface area contributed by atoms with Gasteiger partial charge in [-0.25, -0.2) is 9.69 Å². The molecule has 0 aliphatic heterocycles. The Bertz CT molecular complexity index is 3630. The quantitative estimate of drug-likeness (QED) is 0.162. The van der Waals surface area contributed by atoms with Crippen molar-refractivity contribution in [2.24, 2.45) is 0 Å². The lowest BCUT2D eigenvalue weighted by Crippen LogP contribution is -2.07. The van der Waals surface area contributed by atoms with Crippen molar-refractivity contribution in [1.82, 2.24) is 9.13 Å². The summed E-state index contributed by atoms with van der Waals surface area (Å²) in [6.45, 7) is 16.9. The fourth-order valence-corrected chi connectivity index (χ4v) is 9.04. The van der Waals surface area contributed by atoms with Gasteiger partial charge in [0.25, 0.3) is 0 Å². The highest BCUT2D eigenvalue weighted by Crippen LogP contribution is 2.43. The number of hydrogen-bond acceptors (Lipinski definition) is 3. The lowest BCUT2D eigenvalue weighted by atomic mass is 9.95. The first-order chi connectivity index (χ1) is 31.5. The molecular weight excluding hydrogens is 816 g/mol. The van der Waals surface area contributed by atoms with E-state index in [0.29, 0.717) is 67.3 Å². The number of alkyl halides is 3. The van der Waals surface area contributed by atoms with Crippen LogP contribution in [0.2, 0.25) is 0 Å². The van der Waals surface area contributed by atoms with Crippen LogP contribution in [-0.2, 0) is 6.18 Å². The van der Waals surface area contributed by atoms with Crippen LogP contribution in [0.4, 0.5) is 24.5 Å². The minimum absolute atomic E-state index is 0.309. The highest BCUT2D eigenvalue weighted by molar-refractivity contribution is 6.12. The molecule has 8 aromatic carbocycles. The Labute approximate surface area is 370 Å². The smallest absolute Gasteiger partial charge is 0.308 e. The Balaban J connectivity index is 1.28. The van der Waals surface area contributed by atoms with Gasteiger partial charge in [0, 0.05) is 32.7 Å². The highest BCUT2D eigenvalue weighted by Gasteiger charge is 2.31. The Morgan fingerprint density at radius 1 is 0.477 bits per heavy atom. The van der Waals surface area contributed by atoms with Crippen molar-refractivity contribution in [3.63, 3.8) is 0 Å². The van der Waals surface area contributed by atoms with E-state index in [1.54, 1.807) is 43.3 Å². The van der Waals surface area contributed by atoms with E-state index >= 15 is 0 Å². The standard InChI is InChI=1S/C55H28F3N7/c1-32-18-40(55(56,57)58)14-15-43(32)39-27-53(64-49-10-6-4-8-44(49)46-25-35(12-16-51(46)64)37-19-33(29-59)21-41(23-37)62-2)48(31-61)54(28-39)65-50-11-7-5-9-45(50)47-26-36(13-17-52(47)65)38-20-34(30-60)22-42(24-38)63-3/h4-28H,1H3. The molecule has 0 unspecified atom stereocenters. The molecule has 0 bridgehead atoms. The molecule has 0 atom stereocenters. The zero-order valence-electron chi connectivity index (χ0n) is 34.2. The fraction of sp³-hybridized carbons (Fsp3) is 0.0364. The first-order valence-electron chi connectivity index (χ1n) is 20.2. The second-order valence-corrected chi connectivity index (χ2v) is 15.7. The van der Waals surface area contributed by atoms with Gasteiger partial charge >= 0.3 is 6.18 Å². The summed E-state index contributed by atoms with van der Waals surface area (Å²) in [5.74, 6) is 0. The molecule has 10 aromatic rings. The molecule has 10 heteroatoms. The Morgan fingerprint density at radius 2 is 0.954 bits per heavy atom. The normalized spacial score (nSPS) is 11.3. The van der Waals surface area contributed by atoms with E-state index in [9.17, 15) is 29.0 Å². The highest BCUT2D eigenvalue weighted by atomic mass is 19.4. The summed E-state index contributed by atoms with van der Waals surface area (Å²) in [5, 5.41) is 34.3. The van der Waals surface area contributed by atoms with Gasteiger partial charge < -0.3 is 9.13 Å². The molecule has 304 valence electrons. The summed E-state index contributed by atoms with van der Waals surface area (Å²) < 4.78 is 46.1. The van der Waals surface area contributed by atoms with E-state index in [-0.39, 0.29) is 0 Å². The predicted octanol–water partition coefficient (Wildman–Crippen LogP) is 14.9. The number of hydrogen-bond donors (Lipinski definition) is 0. The molecular formula is C55H28F3N7. The number of benzene rings is 8. The number of para-hydroxylation sites is 2. The maximum Gasteiger partial charge on any atom is 0.416 e. The van der Waals surface area contributed by atoms with Gasteiger partial charge in [0.1, 0.15) is 11.6 Å². The number of halogens is 3. The predicted molar refractivity (Wildman–Crippen MR) is 248 cm³/mol. The third-order valence-electron chi connectivity index (χ3n) is 11.9. The average Bonchev–Trinajstić information content (AvgIpc) is 3.84. The van der Waals surface area contributed by atoms with Crippen molar-refractivity contribution in [2.75, 3.05) is 0 Å². The monoisotopic (exact) mass is 843 g/mol. The largest absolute Gasteiger partial charge is 0.416 e. The Kier molecular flexibility index (Phi) is 9.29. The number of nitriles is 3. The Morgan fingerprint density at radius 3 is 1.38 bits per heavy atom. The van der Waals surface area contributed by atoms with Gasteiger partial charge in [-0.1, -0.05) is 54.6 Å². The number of aromatic nitrogens is 2. The molecule has 2 aromatic heterocycles. The van der Waals surface area contributed by atoms with Gasteiger partial charge in [-0.05, 0) is 143 Å². The molecule has 10 rings (SSSR count). The fourth-order valence-electron chi connectivity index (χ4n) is 9.04. The van der Waals surface area contributed by atoms with Crippen molar-refractivity contribution < 1.29 is 13.2 Å². The van der Waals surface area contributed by atoms with Gasteiger partial charge in [-0.2, -0.15) is 29.0 Å². The van der Waals surface area contributed by atoms with Crippen molar-refractivity contribution in [3.05, 3.63) is 202 Å². The van der Waals surface area contributed by atoms with Crippen LogP contribution in [0.5, 0.6) is 0 Å². The maximum absolute atomic E-state index is 14.0. The second kappa shape index (κ2) is 15.2. The molecule has 0 aliphatic rings. The van der Waals surface area contributed by atoms with E-state index in [0.717, 1.165) is 66.9 Å². The van der Waals surface area contributed by atoms with Crippen LogP contribution in [0.3, 0.4) is 0 Å². The molecule has 0 N–H and O–H groups in total. The molecule has 2 heterocycles. The van der Waals surface area contributed by atoms with Crippen molar-refractivity contribution in [3.8, 4) is 63.0 Å². The van der Waals surface area contributed by atoms with E-state index in [1.165, 1.54) is 6.07 Å². The molecule has 0 fully saturated rings. The molecule has 0 saturated carbocycles. The van der Waals surface area contributed by atoms with Crippen molar-refractivity contribution in [2.45, 2.75) is 13.1 Å². The molecule has 0 radical (unpaired) electrons. The maximum atomic E-state index is 14.0. The van der Waals surface area contributed by atoms with Crippen LogP contribution in [-0.4, -0.2) is 9.13 Å². The molecule has 0 spiro atoms. The number of aryl methyl sites for hydroxylation is 1. The van der Waals surface area contributed by atoms with E-state index in [2.05, 4.69) is 27.9 Å². The summed E-state index contributed by atoms with van der Waals surface area (Å²) in [4.78, 5) is 7.16. The van der Waals surface area contributed by atoms with Gasteiger partial charge in [0.2, 0.25) is 0 Å². The van der Waals surface area contributed by atoms with Crippen LogP contribution in [0.15, 0.2) is 152 Å². The van der Waals surface area contributed by atoms with Crippen LogP contribution in [0.25, 0.3) is 98.1 Å². The minimum atomic E-state index is -4.55. The van der Waals surface area contributed by atoms with E-state index in [4.69, 9.17) is 13.1 Å².